The molecule has 0 saturated heterocycles. The lowest BCUT2D eigenvalue weighted by Crippen LogP contribution is -2.28. The van der Waals surface area contributed by atoms with Crippen LogP contribution in [0.1, 0.15) is 17.0 Å². The van der Waals surface area contributed by atoms with Gasteiger partial charge in [0, 0.05) is 25.4 Å². The van der Waals surface area contributed by atoms with Crippen LogP contribution < -0.4 is 5.32 Å². The van der Waals surface area contributed by atoms with Crippen molar-refractivity contribution in [2.75, 3.05) is 0 Å². The first kappa shape index (κ1) is 17.4. The number of rotatable bonds is 5. The SMILES string of the molecule is Cc1c([N+](=O)[O-])c(C(F)(F)F)nn1CC(=O)NCc1cnn(C)c1. The average Bonchev–Trinajstić information content (AvgIpc) is 3.01. The van der Waals surface area contributed by atoms with Crippen LogP contribution in [-0.2, 0) is 31.1 Å². The maximum absolute atomic E-state index is 12.8. The highest BCUT2D eigenvalue weighted by Gasteiger charge is 2.44. The van der Waals surface area contributed by atoms with Gasteiger partial charge in [-0.15, -0.1) is 0 Å². The summed E-state index contributed by atoms with van der Waals surface area (Å²) in [5.74, 6) is -0.631. The lowest BCUT2D eigenvalue weighted by Gasteiger charge is -2.05. The van der Waals surface area contributed by atoms with Gasteiger partial charge in [-0.1, -0.05) is 0 Å². The van der Waals surface area contributed by atoms with Crippen molar-refractivity contribution in [1.29, 1.82) is 0 Å². The molecule has 2 heterocycles. The van der Waals surface area contributed by atoms with Crippen molar-refractivity contribution in [3.63, 3.8) is 0 Å². The minimum absolute atomic E-state index is 0.126. The molecule has 0 aromatic carbocycles. The molecule has 0 saturated carbocycles. The van der Waals surface area contributed by atoms with Crippen molar-refractivity contribution >= 4 is 11.6 Å². The van der Waals surface area contributed by atoms with E-state index in [0.29, 0.717) is 10.2 Å². The molecule has 0 fully saturated rings. The van der Waals surface area contributed by atoms with Gasteiger partial charge in [0.1, 0.15) is 12.2 Å². The molecule has 12 heteroatoms. The maximum atomic E-state index is 12.8. The number of nitrogens with one attached hydrogen (secondary N) is 1. The molecule has 0 aliphatic heterocycles. The van der Waals surface area contributed by atoms with Crippen LogP contribution in [0.15, 0.2) is 12.4 Å². The van der Waals surface area contributed by atoms with E-state index in [-0.39, 0.29) is 12.2 Å². The van der Waals surface area contributed by atoms with E-state index in [9.17, 15) is 28.1 Å². The number of hydrogen-bond donors (Lipinski definition) is 1. The van der Waals surface area contributed by atoms with E-state index < -0.39 is 34.9 Å². The average molecular weight is 346 g/mol. The van der Waals surface area contributed by atoms with E-state index in [1.165, 1.54) is 10.9 Å². The van der Waals surface area contributed by atoms with E-state index >= 15 is 0 Å². The second-order valence-corrected chi connectivity index (χ2v) is 4.99. The molecule has 0 aliphatic carbocycles. The van der Waals surface area contributed by atoms with Crippen molar-refractivity contribution in [3.05, 3.63) is 39.5 Å². The molecule has 0 unspecified atom stereocenters. The predicted octanol–water partition coefficient (Wildman–Crippen LogP) is 1.17. The molecule has 0 radical (unpaired) electrons. The molecular formula is C12H13F3N6O3. The van der Waals surface area contributed by atoms with E-state index in [1.54, 1.807) is 13.2 Å². The second-order valence-electron chi connectivity index (χ2n) is 4.99. The number of carbonyl (C=O) groups excluding carboxylic acids is 1. The van der Waals surface area contributed by atoms with E-state index in [2.05, 4.69) is 15.5 Å². The number of hydrogen-bond acceptors (Lipinski definition) is 5. The molecule has 0 aliphatic rings. The van der Waals surface area contributed by atoms with Gasteiger partial charge < -0.3 is 5.32 Å². The van der Waals surface area contributed by atoms with Crippen molar-refractivity contribution in [1.82, 2.24) is 24.9 Å². The Morgan fingerprint density at radius 1 is 1.46 bits per heavy atom. The van der Waals surface area contributed by atoms with Crippen molar-refractivity contribution in [2.24, 2.45) is 7.05 Å². The van der Waals surface area contributed by atoms with Crippen molar-refractivity contribution in [3.8, 4) is 0 Å². The molecule has 0 atom stereocenters. The monoisotopic (exact) mass is 346 g/mol. The molecule has 2 aromatic rings. The Balaban J connectivity index is 2.14. The number of aromatic nitrogens is 4. The number of nitro groups is 1. The summed E-state index contributed by atoms with van der Waals surface area (Å²) >= 11 is 0. The quantitative estimate of drug-likeness (QED) is 0.646. The van der Waals surface area contributed by atoms with Crippen molar-refractivity contribution in [2.45, 2.75) is 26.2 Å². The van der Waals surface area contributed by atoms with Gasteiger partial charge in [-0.3, -0.25) is 24.3 Å². The van der Waals surface area contributed by atoms with Crippen LogP contribution in [0, 0.1) is 17.0 Å². The second kappa shape index (κ2) is 6.29. The molecule has 1 amide bonds. The molecule has 2 aromatic heterocycles. The third-order valence-corrected chi connectivity index (χ3v) is 3.17. The smallest absolute Gasteiger partial charge is 0.350 e. The lowest BCUT2D eigenvalue weighted by molar-refractivity contribution is -0.388. The maximum Gasteiger partial charge on any atom is 0.442 e. The zero-order valence-electron chi connectivity index (χ0n) is 12.7. The first-order chi connectivity index (χ1) is 11.1. The summed E-state index contributed by atoms with van der Waals surface area (Å²) in [6, 6.07) is 0. The Morgan fingerprint density at radius 2 is 2.12 bits per heavy atom. The van der Waals surface area contributed by atoms with Crippen LogP contribution >= 0.6 is 0 Å². The fourth-order valence-electron chi connectivity index (χ4n) is 2.06. The zero-order chi connectivity index (χ0) is 18.1. The van der Waals surface area contributed by atoms with Gasteiger partial charge in [0.25, 0.3) is 0 Å². The van der Waals surface area contributed by atoms with Gasteiger partial charge in [0.05, 0.1) is 11.1 Å². The first-order valence-electron chi connectivity index (χ1n) is 6.62. The van der Waals surface area contributed by atoms with Crippen LogP contribution in [-0.4, -0.2) is 30.4 Å². The fourth-order valence-corrected chi connectivity index (χ4v) is 2.06. The number of alkyl halides is 3. The van der Waals surface area contributed by atoms with Gasteiger partial charge in [0.2, 0.25) is 11.6 Å². The standard InChI is InChI=1S/C12H13F3N6O3/c1-7-10(21(23)24)11(12(13,14)15)18-20(7)6-9(22)16-3-8-4-17-19(2)5-8/h4-5H,3,6H2,1-2H3,(H,16,22). The summed E-state index contributed by atoms with van der Waals surface area (Å²) in [7, 11) is 1.69. The summed E-state index contributed by atoms with van der Waals surface area (Å²) in [6.07, 6.45) is -1.80. The Morgan fingerprint density at radius 3 is 2.58 bits per heavy atom. The van der Waals surface area contributed by atoms with Gasteiger partial charge in [-0.25, -0.2) is 0 Å². The Hall–Kier alpha value is -2.92. The van der Waals surface area contributed by atoms with Gasteiger partial charge in [0.15, 0.2) is 0 Å². The zero-order valence-corrected chi connectivity index (χ0v) is 12.7. The van der Waals surface area contributed by atoms with Gasteiger partial charge in [-0.05, 0) is 6.92 Å². The highest BCUT2D eigenvalue weighted by molar-refractivity contribution is 5.75. The fraction of sp³-hybridized carbons (Fsp3) is 0.417. The van der Waals surface area contributed by atoms with Gasteiger partial charge >= 0.3 is 11.9 Å². The molecular weight excluding hydrogens is 333 g/mol. The van der Waals surface area contributed by atoms with E-state index in [0.717, 1.165) is 6.92 Å². The molecule has 9 nitrogen and oxygen atoms in total. The first-order valence-corrected chi connectivity index (χ1v) is 6.62. The highest BCUT2D eigenvalue weighted by atomic mass is 19.4. The van der Waals surface area contributed by atoms with Crippen LogP contribution in [0.3, 0.4) is 0 Å². The minimum atomic E-state index is -4.98. The summed E-state index contributed by atoms with van der Waals surface area (Å²) in [4.78, 5) is 21.5. The number of carbonyl (C=O) groups is 1. The van der Waals surface area contributed by atoms with Crippen LogP contribution in [0.2, 0.25) is 0 Å². The minimum Gasteiger partial charge on any atom is -0.350 e. The Labute approximate surface area is 133 Å². The number of halogens is 3. The lowest BCUT2D eigenvalue weighted by atomic mass is 10.3. The molecule has 130 valence electrons. The molecule has 1 N–H and O–H groups in total. The normalized spacial score (nSPS) is 11.5. The largest absolute Gasteiger partial charge is 0.442 e. The third kappa shape index (κ3) is 3.70. The number of amides is 1. The summed E-state index contributed by atoms with van der Waals surface area (Å²) in [5.41, 5.74) is -2.42. The summed E-state index contributed by atoms with van der Waals surface area (Å²) in [6.45, 7) is 0.666. The molecule has 2 rings (SSSR count). The third-order valence-electron chi connectivity index (χ3n) is 3.17. The summed E-state index contributed by atoms with van der Waals surface area (Å²) < 4.78 is 40.7. The van der Waals surface area contributed by atoms with Crippen LogP contribution in [0.5, 0.6) is 0 Å². The highest BCUT2D eigenvalue weighted by Crippen LogP contribution is 2.36. The molecule has 0 bridgehead atoms. The predicted molar refractivity (Wildman–Crippen MR) is 73.7 cm³/mol. The van der Waals surface area contributed by atoms with Gasteiger partial charge in [-0.2, -0.15) is 23.4 Å². The van der Waals surface area contributed by atoms with Crippen LogP contribution in [0.4, 0.5) is 18.9 Å². The summed E-state index contributed by atoms with van der Waals surface area (Å²) in [5, 5.41) is 20.4. The van der Waals surface area contributed by atoms with Crippen LogP contribution in [0.25, 0.3) is 0 Å². The Bertz CT molecular complexity index is 780. The van der Waals surface area contributed by atoms with E-state index in [4.69, 9.17) is 0 Å². The number of aryl methyl sites for hydroxylation is 1. The molecule has 0 spiro atoms. The number of nitrogens with zero attached hydrogens (tertiary/aromatic N) is 5. The molecule has 24 heavy (non-hydrogen) atoms. The Kier molecular flexibility index (Phi) is 4.57. The topological polar surface area (TPSA) is 108 Å². The van der Waals surface area contributed by atoms with E-state index in [1.807, 2.05) is 0 Å². The van der Waals surface area contributed by atoms with Crippen molar-refractivity contribution < 1.29 is 22.9 Å².